The van der Waals surface area contributed by atoms with Crippen LogP contribution in [0.25, 0.3) is 0 Å². The lowest BCUT2D eigenvalue weighted by Crippen LogP contribution is -2.21. The van der Waals surface area contributed by atoms with Crippen LogP contribution in [0.15, 0.2) is 54.6 Å². The molecule has 2 aromatic carbocycles. The summed E-state index contributed by atoms with van der Waals surface area (Å²) in [5.41, 5.74) is 1.12. The van der Waals surface area contributed by atoms with Gasteiger partial charge in [0.05, 0.1) is 6.61 Å². The maximum atomic E-state index is 12.5. The smallest absolute Gasteiger partial charge is 0.412 e. The monoisotopic (exact) mass is 429 g/mol. The minimum absolute atomic E-state index is 0.107. The maximum absolute atomic E-state index is 12.5. The summed E-state index contributed by atoms with van der Waals surface area (Å²) in [6.07, 6.45) is 1.00. The molecule has 2 atom stereocenters. The van der Waals surface area contributed by atoms with Crippen molar-refractivity contribution >= 4 is 17.7 Å². The number of aliphatic hydroxyl groups is 1. The molecule has 2 aromatic rings. The Labute approximate surface area is 178 Å². The zero-order valence-corrected chi connectivity index (χ0v) is 16.8. The topological polar surface area (TPSA) is 124 Å². The van der Waals surface area contributed by atoms with Crippen molar-refractivity contribution in [3.8, 4) is 17.2 Å². The third kappa shape index (κ3) is 6.13. The number of carboxylic acid groups (broad SMARTS) is 1. The van der Waals surface area contributed by atoms with Crippen LogP contribution in [0.3, 0.4) is 0 Å². The summed E-state index contributed by atoms with van der Waals surface area (Å²) in [5, 5.41) is 20.4. The van der Waals surface area contributed by atoms with E-state index < -0.39 is 24.1 Å². The van der Waals surface area contributed by atoms with Gasteiger partial charge in [-0.05, 0) is 29.8 Å². The number of anilines is 1. The normalized spacial score (nSPS) is 14.1. The zero-order valence-electron chi connectivity index (χ0n) is 16.8. The van der Waals surface area contributed by atoms with E-state index in [4.69, 9.17) is 29.2 Å². The highest BCUT2D eigenvalue weighted by atomic mass is 16.7. The number of carbonyl (C=O) groups is 2. The molecule has 1 amide bonds. The average molecular weight is 429 g/mol. The fourth-order valence-electron chi connectivity index (χ4n) is 2.97. The van der Waals surface area contributed by atoms with Crippen molar-refractivity contribution in [2.75, 3.05) is 25.3 Å². The first kappa shape index (κ1) is 22.0. The van der Waals surface area contributed by atoms with Crippen LogP contribution in [0.4, 0.5) is 10.5 Å². The van der Waals surface area contributed by atoms with Crippen LogP contribution in [0.2, 0.25) is 0 Å². The number of amides is 1. The van der Waals surface area contributed by atoms with Crippen molar-refractivity contribution in [1.82, 2.24) is 0 Å². The first-order valence-electron chi connectivity index (χ1n) is 9.58. The summed E-state index contributed by atoms with van der Waals surface area (Å²) in [6.45, 7) is 1.92. The Hall–Kier alpha value is -3.72. The van der Waals surface area contributed by atoms with Gasteiger partial charge in [0.25, 0.3) is 0 Å². The van der Waals surface area contributed by atoms with E-state index in [0.717, 1.165) is 6.08 Å². The first-order chi connectivity index (χ1) is 15.0. The second-order valence-corrected chi connectivity index (χ2v) is 6.72. The molecule has 0 saturated carbocycles. The van der Waals surface area contributed by atoms with Gasteiger partial charge in [-0.15, -0.1) is 0 Å². The average Bonchev–Trinajstić information content (AvgIpc) is 3.22. The second kappa shape index (κ2) is 10.4. The minimum atomic E-state index is -1.09. The Bertz CT molecular complexity index is 941. The number of fused-ring (bicyclic) bond motifs is 1. The van der Waals surface area contributed by atoms with Gasteiger partial charge >= 0.3 is 12.1 Å². The predicted molar refractivity (Wildman–Crippen MR) is 110 cm³/mol. The van der Waals surface area contributed by atoms with E-state index in [1.165, 1.54) is 6.08 Å². The molecule has 0 bridgehead atoms. The van der Waals surface area contributed by atoms with E-state index in [0.29, 0.717) is 28.5 Å². The van der Waals surface area contributed by atoms with Gasteiger partial charge in [0.15, 0.2) is 11.5 Å². The van der Waals surface area contributed by atoms with Crippen molar-refractivity contribution in [2.45, 2.75) is 13.0 Å². The zero-order chi connectivity index (χ0) is 22.2. The summed E-state index contributed by atoms with van der Waals surface area (Å²) in [4.78, 5) is 23.4. The highest BCUT2D eigenvalue weighted by Gasteiger charge is 2.23. The Kier molecular flexibility index (Phi) is 7.34. The number of rotatable bonds is 9. The van der Waals surface area contributed by atoms with Crippen molar-refractivity contribution in [3.63, 3.8) is 0 Å². The third-order valence-corrected chi connectivity index (χ3v) is 4.44. The van der Waals surface area contributed by atoms with Crippen LogP contribution in [-0.4, -0.2) is 42.3 Å². The number of ether oxygens (including phenoxy) is 4. The lowest BCUT2D eigenvalue weighted by atomic mass is 9.96. The largest absolute Gasteiger partial charge is 0.491 e. The van der Waals surface area contributed by atoms with E-state index in [1.54, 1.807) is 49.4 Å². The van der Waals surface area contributed by atoms with E-state index in [9.17, 15) is 9.59 Å². The molecule has 9 nitrogen and oxygen atoms in total. The molecule has 0 saturated heterocycles. The van der Waals surface area contributed by atoms with E-state index in [-0.39, 0.29) is 20.0 Å². The van der Waals surface area contributed by atoms with Crippen LogP contribution in [-0.2, 0) is 9.53 Å². The Morgan fingerprint density at radius 2 is 1.90 bits per heavy atom. The molecule has 0 unspecified atom stereocenters. The molecule has 1 aliphatic rings. The van der Waals surface area contributed by atoms with Crippen LogP contribution in [0.1, 0.15) is 18.6 Å². The Morgan fingerprint density at radius 1 is 1.16 bits per heavy atom. The number of nitrogens with one attached hydrogen (secondary N) is 1. The fraction of sp³-hybridized carbons (Fsp3) is 0.273. The lowest BCUT2D eigenvalue weighted by Gasteiger charge is -2.23. The molecule has 3 rings (SSSR count). The van der Waals surface area contributed by atoms with Crippen molar-refractivity contribution in [2.24, 2.45) is 5.92 Å². The fourth-order valence-corrected chi connectivity index (χ4v) is 2.97. The predicted octanol–water partition coefficient (Wildman–Crippen LogP) is 3.35. The summed E-state index contributed by atoms with van der Waals surface area (Å²) >= 11 is 0. The summed E-state index contributed by atoms with van der Waals surface area (Å²) in [6, 6.07) is 11.8. The molecular weight excluding hydrogens is 406 g/mol. The van der Waals surface area contributed by atoms with Gasteiger partial charge in [0, 0.05) is 23.7 Å². The molecule has 1 heterocycles. The molecule has 0 spiro atoms. The van der Waals surface area contributed by atoms with Crippen molar-refractivity contribution in [1.29, 1.82) is 0 Å². The number of carboxylic acids is 1. The van der Waals surface area contributed by atoms with Crippen LogP contribution < -0.4 is 19.5 Å². The quantitative estimate of drug-likeness (QED) is 0.519. The van der Waals surface area contributed by atoms with Gasteiger partial charge < -0.3 is 29.2 Å². The molecule has 0 aliphatic carbocycles. The Balaban J connectivity index is 1.74. The number of aliphatic hydroxyl groups excluding tert-OH is 1. The van der Waals surface area contributed by atoms with Crippen LogP contribution in [0, 0.1) is 5.92 Å². The molecule has 0 aromatic heterocycles. The lowest BCUT2D eigenvalue weighted by molar-refractivity contribution is -0.131. The Morgan fingerprint density at radius 3 is 2.61 bits per heavy atom. The van der Waals surface area contributed by atoms with Crippen LogP contribution >= 0.6 is 0 Å². The molecule has 3 N–H and O–H groups in total. The number of benzene rings is 2. The third-order valence-electron chi connectivity index (χ3n) is 4.44. The SMILES string of the molecule is C[C@H](/C=C/C(=O)O)[C@H](OC(=O)Nc1ccc2c(c1)OCO2)c1ccc(OCCO)cc1. The minimum Gasteiger partial charge on any atom is -0.491 e. The van der Waals surface area contributed by atoms with Gasteiger partial charge in [-0.3, -0.25) is 5.32 Å². The molecule has 9 heteroatoms. The van der Waals surface area contributed by atoms with E-state index >= 15 is 0 Å². The number of carbonyl (C=O) groups excluding carboxylic acids is 1. The number of hydrogen-bond donors (Lipinski definition) is 3. The highest BCUT2D eigenvalue weighted by Crippen LogP contribution is 2.35. The second-order valence-electron chi connectivity index (χ2n) is 6.72. The van der Waals surface area contributed by atoms with Gasteiger partial charge in [-0.1, -0.05) is 25.1 Å². The van der Waals surface area contributed by atoms with Crippen LogP contribution in [0.5, 0.6) is 17.2 Å². The van der Waals surface area contributed by atoms with Crippen molar-refractivity contribution < 1.29 is 38.7 Å². The molecular formula is C22H23NO8. The molecule has 164 valence electrons. The molecule has 31 heavy (non-hydrogen) atoms. The van der Waals surface area contributed by atoms with Crippen molar-refractivity contribution in [3.05, 3.63) is 60.2 Å². The molecule has 0 fully saturated rings. The van der Waals surface area contributed by atoms with E-state index in [2.05, 4.69) is 5.32 Å². The summed E-state index contributed by atoms with van der Waals surface area (Å²) in [7, 11) is 0. The standard InChI is InChI=1S/C22H23NO8/c1-14(2-9-20(25)26)21(15-3-6-17(7-4-15)28-11-10-24)31-22(27)23-16-5-8-18-19(12-16)30-13-29-18/h2-9,12,14,21,24H,10-11,13H2,1H3,(H,23,27)(H,25,26)/b9-2+/t14-,21+/m1/s1. The first-order valence-corrected chi connectivity index (χ1v) is 9.58. The van der Waals surface area contributed by atoms with E-state index in [1.807, 2.05) is 0 Å². The van der Waals surface area contributed by atoms with Gasteiger partial charge in [-0.2, -0.15) is 0 Å². The molecule has 1 aliphatic heterocycles. The van der Waals surface area contributed by atoms with Gasteiger partial charge in [0.2, 0.25) is 6.79 Å². The number of hydrogen-bond acceptors (Lipinski definition) is 7. The van der Waals surface area contributed by atoms with Gasteiger partial charge in [0.1, 0.15) is 18.5 Å². The number of aliphatic carboxylic acids is 1. The highest BCUT2D eigenvalue weighted by molar-refractivity contribution is 5.85. The van der Waals surface area contributed by atoms with Gasteiger partial charge in [-0.25, -0.2) is 9.59 Å². The molecule has 0 radical (unpaired) electrons. The summed E-state index contributed by atoms with van der Waals surface area (Å²) < 4.78 is 21.5. The maximum Gasteiger partial charge on any atom is 0.412 e. The summed E-state index contributed by atoms with van der Waals surface area (Å²) in [5.74, 6) is 0.138.